The normalized spacial score (nSPS) is 14.3. The molecule has 1 N–H and O–H groups in total. The van der Waals surface area contributed by atoms with E-state index in [0.29, 0.717) is 18.1 Å². The van der Waals surface area contributed by atoms with Crippen LogP contribution in [0.15, 0.2) is 72.8 Å². The molecule has 0 aromatic heterocycles. The number of phenolic OH excluding ortho intramolecular Hbond substituents is 1. The molecule has 3 aromatic rings. The highest BCUT2D eigenvalue weighted by atomic mass is 16.5. The van der Waals surface area contributed by atoms with Crippen molar-refractivity contribution < 1.29 is 19.4 Å². The number of aromatic hydroxyl groups is 1. The Morgan fingerprint density at radius 2 is 1.73 bits per heavy atom. The number of allylic oxidation sites excluding steroid dienone is 1. The number of ketones is 1. The summed E-state index contributed by atoms with van der Waals surface area (Å²) in [5, 5.41) is 9.40. The average molecular weight is 443 g/mol. The molecule has 1 saturated carbocycles. The third-order valence-corrected chi connectivity index (χ3v) is 6.23. The van der Waals surface area contributed by atoms with Crippen molar-refractivity contribution in [3.05, 3.63) is 95.1 Å². The van der Waals surface area contributed by atoms with Crippen LogP contribution < -0.4 is 9.47 Å². The minimum Gasteiger partial charge on any atom is -0.508 e. The molecule has 4 heteroatoms. The molecule has 0 bridgehead atoms. The number of hydrogen-bond donors (Lipinski definition) is 1. The van der Waals surface area contributed by atoms with Gasteiger partial charge in [0, 0.05) is 11.1 Å². The smallest absolute Gasteiger partial charge is 0.185 e. The van der Waals surface area contributed by atoms with Crippen LogP contribution in [0.3, 0.4) is 0 Å². The molecule has 0 saturated heterocycles. The van der Waals surface area contributed by atoms with Gasteiger partial charge in [-0.3, -0.25) is 4.79 Å². The Morgan fingerprint density at radius 1 is 0.970 bits per heavy atom. The summed E-state index contributed by atoms with van der Waals surface area (Å²) in [4.78, 5) is 12.4. The SMILES string of the molecule is COc1ccc(/C=C\C(=O)c2ccc(O)cc2)cc1COc1ccccc1C1CCCCC1. The first-order valence-corrected chi connectivity index (χ1v) is 11.5. The number of benzene rings is 3. The molecule has 0 radical (unpaired) electrons. The van der Waals surface area contributed by atoms with Crippen LogP contribution in [-0.2, 0) is 6.61 Å². The van der Waals surface area contributed by atoms with E-state index < -0.39 is 0 Å². The molecule has 1 fully saturated rings. The Balaban J connectivity index is 1.49. The Hall–Kier alpha value is -3.53. The molecule has 3 aromatic carbocycles. The lowest BCUT2D eigenvalue weighted by molar-refractivity contribution is 0.104. The summed E-state index contributed by atoms with van der Waals surface area (Å²) < 4.78 is 11.8. The van der Waals surface area contributed by atoms with E-state index in [1.807, 2.05) is 24.3 Å². The summed E-state index contributed by atoms with van der Waals surface area (Å²) in [6.07, 6.45) is 9.66. The topological polar surface area (TPSA) is 55.8 Å². The van der Waals surface area contributed by atoms with Gasteiger partial charge in [0.1, 0.15) is 23.9 Å². The van der Waals surface area contributed by atoms with E-state index in [-0.39, 0.29) is 11.5 Å². The molecular weight excluding hydrogens is 412 g/mol. The molecule has 33 heavy (non-hydrogen) atoms. The number of ether oxygens (including phenoxy) is 2. The molecule has 0 atom stereocenters. The molecule has 1 aliphatic rings. The van der Waals surface area contributed by atoms with Gasteiger partial charge in [-0.25, -0.2) is 0 Å². The number of para-hydroxylation sites is 1. The predicted octanol–water partition coefficient (Wildman–Crippen LogP) is 6.92. The number of methoxy groups -OCH3 is 1. The van der Waals surface area contributed by atoms with Crippen LogP contribution in [0.25, 0.3) is 6.08 Å². The Labute approximate surface area is 195 Å². The second-order valence-corrected chi connectivity index (χ2v) is 8.48. The minimum absolute atomic E-state index is 0.120. The number of hydrogen-bond acceptors (Lipinski definition) is 4. The van der Waals surface area contributed by atoms with Crippen molar-refractivity contribution in [1.29, 1.82) is 0 Å². The highest BCUT2D eigenvalue weighted by Gasteiger charge is 2.19. The summed E-state index contributed by atoms with van der Waals surface area (Å²) >= 11 is 0. The van der Waals surface area contributed by atoms with E-state index in [1.165, 1.54) is 55.9 Å². The van der Waals surface area contributed by atoms with Crippen LogP contribution >= 0.6 is 0 Å². The summed E-state index contributed by atoms with van der Waals surface area (Å²) in [7, 11) is 1.65. The van der Waals surface area contributed by atoms with Gasteiger partial charge in [0.15, 0.2) is 5.78 Å². The van der Waals surface area contributed by atoms with E-state index in [0.717, 1.165) is 22.6 Å². The van der Waals surface area contributed by atoms with Gasteiger partial charge in [0.25, 0.3) is 0 Å². The monoisotopic (exact) mass is 442 g/mol. The first-order valence-electron chi connectivity index (χ1n) is 11.5. The highest BCUT2D eigenvalue weighted by molar-refractivity contribution is 6.06. The fraction of sp³-hybridized carbons (Fsp3) is 0.276. The highest BCUT2D eigenvalue weighted by Crippen LogP contribution is 2.37. The van der Waals surface area contributed by atoms with Crippen molar-refractivity contribution in [1.82, 2.24) is 0 Å². The molecule has 4 rings (SSSR count). The zero-order valence-electron chi connectivity index (χ0n) is 19.0. The number of rotatable bonds is 8. The second kappa shape index (κ2) is 10.9. The van der Waals surface area contributed by atoms with Crippen molar-refractivity contribution in [3.8, 4) is 17.2 Å². The molecule has 0 unspecified atom stereocenters. The number of carbonyl (C=O) groups is 1. The average Bonchev–Trinajstić information content (AvgIpc) is 2.87. The van der Waals surface area contributed by atoms with Crippen molar-refractivity contribution in [3.63, 3.8) is 0 Å². The summed E-state index contributed by atoms with van der Waals surface area (Å²) in [5.74, 6) is 2.28. The molecule has 0 spiro atoms. The van der Waals surface area contributed by atoms with E-state index in [2.05, 4.69) is 18.2 Å². The van der Waals surface area contributed by atoms with Crippen molar-refractivity contribution in [2.75, 3.05) is 7.11 Å². The Morgan fingerprint density at radius 3 is 2.48 bits per heavy atom. The molecular formula is C29H30O4. The van der Waals surface area contributed by atoms with Gasteiger partial charge in [-0.1, -0.05) is 49.6 Å². The van der Waals surface area contributed by atoms with E-state index >= 15 is 0 Å². The lowest BCUT2D eigenvalue weighted by Gasteiger charge is -2.24. The van der Waals surface area contributed by atoms with Crippen LogP contribution in [0.4, 0.5) is 0 Å². The van der Waals surface area contributed by atoms with Crippen LogP contribution in [0.2, 0.25) is 0 Å². The molecule has 0 heterocycles. The largest absolute Gasteiger partial charge is 0.508 e. The maximum absolute atomic E-state index is 12.4. The van der Waals surface area contributed by atoms with E-state index in [4.69, 9.17) is 9.47 Å². The van der Waals surface area contributed by atoms with Gasteiger partial charge in [-0.05, 0) is 78.4 Å². The first-order chi connectivity index (χ1) is 16.1. The van der Waals surface area contributed by atoms with Crippen LogP contribution in [0, 0.1) is 0 Å². The Kier molecular flexibility index (Phi) is 7.46. The van der Waals surface area contributed by atoms with Gasteiger partial charge in [-0.15, -0.1) is 0 Å². The van der Waals surface area contributed by atoms with Crippen LogP contribution in [0.5, 0.6) is 17.2 Å². The maximum Gasteiger partial charge on any atom is 0.185 e. The third-order valence-electron chi connectivity index (χ3n) is 6.23. The van der Waals surface area contributed by atoms with Crippen LogP contribution in [-0.4, -0.2) is 18.0 Å². The minimum atomic E-state index is -0.120. The van der Waals surface area contributed by atoms with Gasteiger partial charge >= 0.3 is 0 Å². The summed E-state index contributed by atoms with van der Waals surface area (Å²) in [6.45, 7) is 0.389. The Bertz CT molecular complexity index is 1110. The first kappa shape index (κ1) is 22.7. The van der Waals surface area contributed by atoms with Gasteiger partial charge in [0.2, 0.25) is 0 Å². The fourth-order valence-electron chi connectivity index (χ4n) is 4.43. The second-order valence-electron chi connectivity index (χ2n) is 8.48. The third kappa shape index (κ3) is 5.83. The zero-order valence-corrected chi connectivity index (χ0v) is 19.0. The zero-order chi connectivity index (χ0) is 23.0. The molecule has 0 amide bonds. The lowest BCUT2D eigenvalue weighted by Crippen LogP contribution is -2.07. The number of carbonyl (C=O) groups excluding carboxylic acids is 1. The fourth-order valence-corrected chi connectivity index (χ4v) is 4.43. The molecule has 170 valence electrons. The predicted molar refractivity (Wildman–Crippen MR) is 131 cm³/mol. The van der Waals surface area contributed by atoms with Crippen molar-refractivity contribution >= 4 is 11.9 Å². The lowest BCUT2D eigenvalue weighted by atomic mass is 9.84. The molecule has 0 aliphatic heterocycles. The number of phenols is 1. The van der Waals surface area contributed by atoms with Crippen LogP contribution in [0.1, 0.15) is 65.1 Å². The summed E-state index contributed by atoms with van der Waals surface area (Å²) in [6, 6.07) is 20.4. The maximum atomic E-state index is 12.4. The summed E-state index contributed by atoms with van der Waals surface area (Å²) in [5.41, 5.74) is 3.64. The van der Waals surface area contributed by atoms with Gasteiger partial charge in [0.05, 0.1) is 7.11 Å². The van der Waals surface area contributed by atoms with Gasteiger partial charge in [-0.2, -0.15) is 0 Å². The van der Waals surface area contributed by atoms with Gasteiger partial charge < -0.3 is 14.6 Å². The van der Waals surface area contributed by atoms with E-state index in [9.17, 15) is 9.90 Å². The van der Waals surface area contributed by atoms with Crippen molar-refractivity contribution in [2.45, 2.75) is 44.6 Å². The van der Waals surface area contributed by atoms with E-state index in [1.54, 1.807) is 25.3 Å². The molecule has 4 nitrogen and oxygen atoms in total. The standard InChI is InChI=1S/C29H30O4/c1-32-28-18-12-21(11-17-27(31)23-13-15-25(30)16-14-23)19-24(28)20-33-29-10-6-5-9-26(29)22-7-3-2-4-8-22/h5-6,9-19,22,30H,2-4,7-8,20H2,1H3/b17-11-. The van der Waals surface area contributed by atoms with Crippen molar-refractivity contribution in [2.24, 2.45) is 0 Å². The quantitative estimate of drug-likeness (QED) is 0.304. The molecule has 1 aliphatic carbocycles.